The number of likely N-dealkylation sites (N-methyl/N-ethyl adjacent to an activating group) is 1. The Morgan fingerprint density at radius 3 is 2.37 bits per heavy atom. The van der Waals surface area contributed by atoms with E-state index >= 15 is 0 Å². The van der Waals surface area contributed by atoms with Gasteiger partial charge in [0.25, 0.3) is 5.91 Å². The molecule has 0 aliphatic carbocycles. The molecule has 1 fully saturated rings. The van der Waals surface area contributed by atoms with Crippen molar-refractivity contribution in [1.82, 2.24) is 0 Å². The fourth-order valence-electron chi connectivity index (χ4n) is 3.84. The number of ether oxygens (including phenoxy) is 1. The van der Waals surface area contributed by atoms with Gasteiger partial charge in [-0.1, -0.05) is 30.3 Å². The van der Waals surface area contributed by atoms with Gasteiger partial charge in [0, 0.05) is 12.2 Å². The van der Waals surface area contributed by atoms with Crippen molar-refractivity contribution in [2.45, 2.75) is 19.9 Å². The molecule has 0 unspecified atom stereocenters. The van der Waals surface area contributed by atoms with Crippen molar-refractivity contribution in [3.63, 3.8) is 0 Å². The summed E-state index contributed by atoms with van der Waals surface area (Å²) >= 11 is 0. The molecule has 0 saturated carbocycles. The first-order valence-corrected chi connectivity index (χ1v) is 9.74. The monoisotopic (exact) mass is 368 g/mol. The molecule has 1 aliphatic rings. The lowest BCUT2D eigenvalue weighted by atomic mass is 10.1. The van der Waals surface area contributed by atoms with E-state index in [2.05, 4.69) is 17.9 Å². The summed E-state index contributed by atoms with van der Waals surface area (Å²) in [5.74, 6) is 1.11. The minimum Gasteiger partial charge on any atom is -0.495 e. The second kappa shape index (κ2) is 8.91. The summed E-state index contributed by atoms with van der Waals surface area (Å²) in [7, 11) is 1.71. The molecule has 0 bridgehead atoms. The number of nitrogens with zero attached hydrogens (tertiary/aromatic N) is 2. The van der Waals surface area contributed by atoms with E-state index in [1.54, 1.807) is 7.11 Å². The number of carbonyl (C=O) groups excluding carboxylic acids is 1. The maximum Gasteiger partial charge on any atom is 0.284 e. The summed E-state index contributed by atoms with van der Waals surface area (Å²) in [6, 6.07) is 18.0. The van der Waals surface area contributed by atoms with Gasteiger partial charge in [0.1, 0.15) is 5.75 Å². The second-order valence-electron chi connectivity index (χ2n) is 6.96. The zero-order valence-electron chi connectivity index (χ0n) is 16.5. The van der Waals surface area contributed by atoms with E-state index < -0.39 is 0 Å². The van der Waals surface area contributed by atoms with Crippen molar-refractivity contribution in [2.24, 2.45) is 0 Å². The molecule has 1 saturated heterocycles. The van der Waals surface area contributed by atoms with Crippen molar-refractivity contribution >= 4 is 17.3 Å². The number of benzene rings is 2. The number of amides is 1. The third kappa shape index (κ3) is 4.25. The number of hydrogen-bond acceptors (Lipinski definition) is 3. The lowest BCUT2D eigenvalue weighted by Crippen LogP contribution is -3.19. The Morgan fingerprint density at radius 1 is 1.11 bits per heavy atom. The molecule has 27 heavy (non-hydrogen) atoms. The molecule has 144 valence electrons. The van der Waals surface area contributed by atoms with Crippen LogP contribution in [0.5, 0.6) is 5.75 Å². The molecular formula is C22H30N3O2+. The number of para-hydroxylation sites is 3. The van der Waals surface area contributed by atoms with E-state index in [-0.39, 0.29) is 11.9 Å². The van der Waals surface area contributed by atoms with Crippen LogP contribution in [0.25, 0.3) is 0 Å². The van der Waals surface area contributed by atoms with Crippen molar-refractivity contribution in [3.8, 4) is 5.75 Å². The summed E-state index contributed by atoms with van der Waals surface area (Å²) in [6.45, 7) is 8.51. The van der Waals surface area contributed by atoms with Crippen molar-refractivity contribution in [2.75, 3.05) is 49.6 Å². The molecule has 0 aromatic heterocycles. The zero-order chi connectivity index (χ0) is 19.2. The van der Waals surface area contributed by atoms with E-state index in [1.165, 1.54) is 4.90 Å². The molecule has 1 heterocycles. The summed E-state index contributed by atoms with van der Waals surface area (Å²) < 4.78 is 5.50. The van der Waals surface area contributed by atoms with Gasteiger partial charge in [-0.25, -0.2) is 0 Å². The number of piperazine rings is 1. The van der Waals surface area contributed by atoms with Gasteiger partial charge in [0.15, 0.2) is 6.04 Å². The normalized spacial score (nSPS) is 16.0. The van der Waals surface area contributed by atoms with Crippen LogP contribution in [0.2, 0.25) is 0 Å². The number of hydrogen-bond donors (Lipinski definition) is 1. The minimum atomic E-state index is -0.0509. The Morgan fingerprint density at radius 2 is 1.74 bits per heavy atom. The Labute approximate surface area is 162 Å². The summed E-state index contributed by atoms with van der Waals surface area (Å²) in [5.41, 5.74) is 2.11. The van der Waals surface area contributed by atoms with E-state index in [0.717, 1.165) is 43.3 Å². The smallest absolute Gasteiger partial charge is 0.284 e. The molecule has 1 aliphatic heterocycles. The van der Waals surface area contributed by atoms with Crippen LogP contribution in [0.3, 0.4) is 0 Å². The van der Waals surface area contributed by atoms with Crippen molar-refractivity contribution in [1.29, 1.82) is 0 Å². The number of anilines is 2. The fraction of sp³-hybridized carbons (Fsp3) is 0.409. The van der Waals surface area contributed by atoms with Crippen LogP contribution in [0.1, 0.15) is 13.8 Å². The quantitative estimate of drug-likeness (QED) is 0.845. The first kappa shape index (κ1) is 19.2. The molecule has 2 aromatic rings. The molecule has 0 spiro atoms. The van der Waals surface area contributed by atoms with Gasteiger partial charge in [0.2, 0.25) is 0 Å². The van der Waals surface area contributed by atoms with E-state index in [1.807, 2.05) is 60.4 Å². The third-order valence-corrected chi connectivity index (χ3v) is 5.46. The van der Waals surface area contributed by atoms with E-state index in [4.69, 9.17) is 4.74 Å². The maximum absolute atomic E-state index is 13.1. The predicted octanol–water partition coefficient (Wildman–Crippen LogP) is 1.84. The number of nitrogens with one attached hydrogen (secondary N) is 1. The van der Waals surface area contributed by atoms with Gasteiger partial charge in [-0.3, -0.25) is 4.79 Å². The average molecular weight is 369 g/mol. The van der Waals surface area contributed by atoms with Gasteiger partial charge in [-0.15, -0.1) is 0 Å². The summed E-state index contributed by atoms with van der Waals surface area (Å²) in [6.07, 6.45) is 0. The topological polar surface area (TPSA) is 37.2 Å². The Hall–Kier alpha value is -2.53. The highest BCUT2D eigenvalue weighted by molar-refractivity contribution is 5.96. The third-order valence-electron chi connectivity index (χ3n) is 5.46. The Kier molecular flexibility index (Phi) is 6.35. The van der Waals surface area contributed by atoms with Crippen LogP contribution in [-0.4, -0.2) is 51.8 Å². The Bertz CT molecular complexity index is 742. The van der Waals surface area contributed by atoms with E-state index in [9.17, 15) is 4.79 Å². The highest BCUT2D eigenvalue weighted by atomic mass is 16.5. The Balaban J connectivity index is 1.64. The van der Waals surface area contributed by atoms with Crippen LogP contribution in [-0.2, 0) is 4.79 Å². The highest BCUT2D eigenvalue weighted by Crippen LogP contribution is 2.27. The average Bonchev–Trinajstić information content (AvgIpc) is 2.74. The zero-order valence-corrected chi connectivity index (χ0v) is 16.5. The van der Waals surface area contributed by atoms with Crippen LogP contribution < -0.4 is 19.4 Å². The number of carbonyl (C=O) groups is 1. The number of rotatable bonds is 6. The van der Waals surface area contributed by atoms with E-state index in [0.29, 0.717) is 6.54 Å². The van der Waals surface area contributed by atoms with Crippen LogP contribution in [0.4, 0.5) is 11.4 Å². The first-order valence-electron chi connectivity index (χ1n) is 9.74. The van der Waals surface area contributed by atoms with Gasteiger partial charge in [-0.2, -0.15) is 0 Å². The van der Waals surface area contributed by atoms with Crippen LogP contribution in [0.15, 0.2) is 54.6 Å². The first-order chi connectivity index (χ1) is 13.2. The number of methoxy groups -OCH3 is 1. The minimum absolute atomic E-state index is 0.0509. The van der Waals surface area contributed by atoms with Crippen molar-refractivity contribution in [3.05, 3.63) is 54.6 Å². The number of quaternary nitrogens is 1. The lowest BCUT2D eigenvalue weighted by Gasteiger charge is -2.37. The molecule has 0 radical (unpaired) electrons. The van der Waals surface area contributed by atoms with Gasteiger partial charge in [0.05, 0.1) is 39.0 Å². The summed E-state index contributed by atoms with van der Waals surface area (Å²) in [5, 5.41) is 0. The molecule has 2 aromatic carbocycles. The molecule has 1 atom stereocenters. The molecule has 1 N–H and O–H groups in total. The molecular weight excluding hydrogens is 338 g/mol. The SMILES string of the molecule is CCN(C(=O)[C@H](C)[NH+]1CCN(c2ccccc2OC)CC1)c1ccccc1. The standard InChI is InChI=1S/C22H29N3O2/c1-4-25(19-10-6-5-7-11-19)22(26)18(2)23-14-16-24(17-15-23)20-12-8-9-13-21(20)27-3/h5-13,18H,4,14-17H2,1-3H3/p+1/t18-/m0/s1. The van der Waals surface area contributed by atoms with Crippen molar-refractivity contribution < 1.29 is 14.4 Å². The maximum atomic E-state index is 13.1. The van der Waals surface area contributed by atoms with Gasteiger partial charge in [-0.05, 0) is 38.1 Å². The molecule has 1 amide bonds. The summed E-state index contributed by atoms with van der Waals surface area (Å²) in [4.78, 5) is 18.7. The van der Waals surface area contributed by atoms with Crippen LogP contribution in [0, 0.1) is 0 Å². The van der Waals surface area contributed by atoms with Gasteiger partial charge < -0.3 is 19.4 Å². The molecule has 5 nitrogen and oxygen atoms in total. The predicted molar refractivity (Wildman–Crippen MR) is 110 cm³/mol. The largest absolute Gasteiger partial charge is 0.495 e. The molecule has 3 rings (SSSR count). The van der Waals surface area contributed by atoms with Crippen LogP contribution >= 0.6 is 0 Å². The fourth-order valence-corrected chi connectivity index (χ4v) is 3.84. The van der Waals surface area contributed by atoms with Gasteiger partial charge >= 0.3 is 0 Å². The molecule has 5 heteroatoms. The second-order valence-corrected chi connectivity index (χ2v) is 6.96. The lowest BCUT2D eigenvalue weighted by molar-refractivity contribution is -0.914. The highest BCUT2D eigenvalue weighted by Gasteiger charge is 2.32.